The molecule has 7 heteroatoms. The van der Waals surface area contributed by atoms with Crippen LogP contribution in [0.5, 0.6) is 0 Å². The lowest BCUT2D eigenvalue weighted by Gasteiger charge is -2.14. The highest BCUT2D eigenvalue weighted by molar-refractivity contribution is 6.66. The summed E-state index contributed by atoms with van der Waals surface area (Å²) in [6.07, 6.45) is 0.912. The Hall–Kier alpha value is -0.320. The van der Waals surface area contributed by atoms with Crippen molar-refractivity contribution < 1.29 is 0 Å². The number of nitrogens with one attached hydrogen (secondary N) is 1. The van der Waals surface area contributed by atoms with E-state index in [0.717, 1.165) is 6.42 Å². The third-order valence-electron chi connectivity index (χ3n) is 2.29. The lowest BCUT2D eigenvalue weighted by molar-refractivity contribution is 0.662. The number of aromatic nitrogens is 3. The molecule has 0 aliphatic heterocycles. The molecule has 1 aromatic rings. The van der Waals surface area contributed by atoms with Gasteiger partial charge in [-0.1, -0.05) is 48.7 Å². The highest BCUT2D eigenvalue weighted by Gasteiger charge is 2.28. The standard InChI is InChI=1S/C10H15Cl3N4/c1-4-6(3)7-15-8(10(11,12)13)17-9(16-7)14-5-2/h6H,4-5H2,1-3H3,(H,14,15,16,17). The number of hydrogen-bond donors (Lipinski definition) is 1. The van der Waals surface area contributed by atoms with Gasteiger partial charge in [-0.05, 0) is 13.3 Å². The molecule has 0 aliphatic rings. The average Bonchev–Trinajstić information content (AvgIpc) is 2.27. The summed E-state index contributed by atoms with van der Waals surface area (Å²) in [5.41, 5.74) is 0. The van der Waals surface area contributed by atoms with Crippen molar-refractivity contribution in [2.75, 3.05) is 11.9 Å². The maximum absolute atomic E-state index is 5.80. The lowest BCUT2D eigenvalue weighted by Crippen LogP contribution is -2.15. The van der Waals surface area contributed by atoms with Crippen LogP contribution in [-0.2, 0) is 3.79 Å². The van der Waals surface area contributed by atoms with Gasteiger partial charge in [0.05, 0.1) is 0 Å². The van der Waals surface area contributed by atoms with Gasteiger partial charge in [-0.25, -0.2) is 4.98 Å². The Bertz CT molecular complexity index is 378. The van der Waals surface area contributed by atoms with Crippen molar-refractivity contribution in [2.24, 2.45) is 0 Å². The van der Waals surface area contributed by atoms with E-state index in [2.05, 4.69) is 27.2 Å². The minimum absolute atomic E-state index is 0.156. The topological polar surface area (TPSA) is 50.7 Å². The summed E-state index contributed by atoms with van der Waals surface area (Å²) in [5, 5.41) is 3.00. The normalized spacial score (nSPS) is 13.5. The number of halogens is 3. The second kappa shape index (κ2) is 6.03. The van der Waals surface area contributed by atoms with E-state index in [1.165, 1.54) is 0 Å². The second-order valence-electron chi connectivity index (χ2n) is 3.68. The summed E-state index contributed by atoms with van der Waals surface area (Å²) < 4.78 is -1.63. The Kier molecular flexibility index (Phi) is 5.22. The molecule has 0 radical (unpaired) electrons. The first-order valence-electron chi connectivity index (χ1n) is 5.45. The first-order valence-corrected chi connectivity index (χ1v) is 6.58. The summed E-state index contributed by atoms with van der Waals surface area (Å²) in [6, 6.07) is 0. The fourth-order valence-corrected chi connectivity index (χ4v) is 1.41. The Morgan fingerprint density at radius 1 is 1.18 bits per heavy atom. The molecule has 1 N–H and O–H groups in total. The van der Waals surface area contributed by atoms with Crippen LogP contribution in [0.1, 0.15) is 44.8 Å². The Labute approximate surface area is 116 Å². The van der Waals surface area contributed by atoms with Crippen LogP contribution < -0.4 is 5.32 Å². The molecule has 0 spiro atoms. The van der Waals surface area contributed by atoms with Gasteiger partial charge in [-0.2, -0.15) is 9.97 Å². The van der Waals surface area contributed by atoms with Crippen molar-refractivity contribution in [3.05, 3.63) is 11.6 Å². The maximum Gasteiger partial charge on any atom is 0.250 e. The van der Waals surface area contributed by atoms with Gasteiger partial charge < -0.3 is 5.32 Å². The molecule has 0 saturated carbocycles. The maximum atomic E-state index is 5.80. The van der Waals surface area contributed by atoms with Crippen molar-refractivity contribution in [3.63, 3.8) is 0 Å². The molecule has 17 heavy (non-hydrogen) atoms. The molecule has 0 bridgehead atoms. The number of nitrogens with zero attached hydrogens (tertiary/aromatic N) is 3. The van der Waals surface area contributed by atoms with Gasteiger partial charge in [0.2, 0.25) is 9.74 Å². The van der Waals surface area contributed by atoms with Crippen molar-refractivity contribution in [1.29, 1.82) is 0 Å². The third-order valence-corrected chi connectivity index (χ3v) is 2.80. The quantitative estimate of drug-likeness (QED) is 0.862. The largest absolute Gasteiger partial charge is 0.354 e. The van der Waals surface area contributed by atoms with E-state index in [9.17, 15) is 0 Å². The predicted octanol–water partition coefficient (Wildman–Crippen LogP) is 3.64. The first kappa shape index (κ1) is 14.7. The van der Waals surface area contributed by atoms with Gasteiger partial charge in [0, 0.05) is 12.5 Å². The van der Waals surface area contributed by atoms with Gasteiger partial charge >= 0.3 is 0 Å². The predicted molar refractivity (Wildman–Crippen MR) is 71.9 cm³/mol. The van der Waals surface area contributed by atoms with Crippen LogP contribution in [0.15, 0.2) is 0 Å². The van der Waals surface area contributed by atoms with Crippen LogP contribution in [0.25, 0.3) is 0 Å². The zero-order chi connectivity index (χ0) is 13.1. The molecule has 0 saturated heterocycles. The van der Waals surface area contributed by atoms with Gasteiger partial charge in [0.25, 0.3) is 0 Å². The van der Waals surface area contributed by atoms with E-state index in [1.54, 1.807) is 0 Å². The van der Waals surface area contributed by atoms with Crippen molar-refractivity contribution >= 4 is 40.8 Å². The van der Waals surface area contributed by atoms with Crippen molar-refractivity contribution in [2.45, 2.75) is 36.9 Å². The van der Waals surface area contributed by atoms with Gasteiger partial charge in [-0.15, -0.1) is 0 Å². The van der Waals surface area contributed by atoms with E-state index < -0.39 is 3.79 Å². The fraction of sp³-hybridized carbons (Fsp3) is 0.700. The molecular formula is C10H15Cl3N4. The Balaban J connectivity index is 3.18. The minimum atomic E-state index is -1.63. The number of rotatable bonds is 4. The second-order valence-corrected chi connectivity index (χ2v) is 5.96. The van der Waals surface area contributed by atoms with Crippen LogP contribution in [0, 0.1) is 0 Å². The van der Waals surface area contributed by atoms with Crippen LogP contribution in [0.4, 0.5) is 5.95 Å². The van der Waals surface area contributed by atoms with Crippen molar-refractivity contribution in [3.8, 4) is 0 Å². The molecule has 4 nitrogen and oxygen atoms in total. The summed E-state index contributed by atoms with van der Waals surface area (Å²) in [6.45, 7) is 6.72. The SMILES string of the molecule is CCNc1nc(C(C)CC)nc(C(Cl)(Cl)Cl)n1. The molecule has 1 aromatic heterocycles. The molecule has 0 fully saturated rings. The number of alkyl halides is 3. The average molecular weight is 298 g/mol. The summed E-state index contributed by atoms with van der Waals surface area (Å²) >= 11 is 17.4. The van der Waals surface area contributed by atoms with E-state index in [4.69, 9.17) is 34.8 Å². The molecule has 0 aliphatic carbocycles. The molecule has 96 valence electrons. The van der Waals surface area contributed by atoms with E-state index in [-0.39, 0.29) is 11.7 Å². The zero-order valence-electron chi connectivity index (χ0n) is 9.97. The molecule has 1 heterocycles. The first-order chi connectivity index (χ1) is 7.88. The minimum Gasteiger partial charge on any atom is -0.354 e. The summed E-state index contributed by atoms with van der Waals surface area (Å²) in [5.74, 6) is 1.43. The zero-order valence-corrected chi connectivity index (χ0v) is 12.2. The monoisotopic (exact) mass is 296 g/mol. The van der Waals surface area contributed by atoms with Gasteiger partial charge in [-0.3, -0.25) is 0 Å². The Morgan fingerprint density at radius 3 is 2.29 bits per heavy atom. The molecule has 1 atom stereocenters. The summed E-state index contributed by atoms with van der Waals surface area (Å²) in [4.78, 5) is 12.6. The molecule has 0 aromatic carbocycles. The van der Waals surface area contributed by atoms with E-state index in [0.29, 0.717) is 18.3 Å². The summed E-state index contributed by atoms with van der Waals surface area (Å²) in [7, 11) is 0. The van der Waals surface area contributed by atoms with Crippen LogP contribution in [0.2, 0.25) is 0 Å². The molecule has 1 rings (SSSR count). The van der Waals surface area contributed by atoms with Gasteiger partial charge in [0.15, 0.2) is 5.82 Å². The Morgan fingerprint density at radius 2 is 1.82 bits per heavy atom. The highest BCUT2D eigenvalue weighted by atomic mass is 35.6. The number of anilines is 1. The number of hydrogen-bond acceptors (Lipinski definition) is 4. The third kappa shape index (κ3) is 4.12. The van der Waals surface area contributed by atoms with E-state index >= 15 is 0 Å². The smallest absolute Gasteiger partial charge is 0.250 e. The van der Waals surface area contributed by atoms with Gasteiger partial charge in [0.1, 0.15) is 5.82 Å². The van der Waals surface area contributed by atoms with Crippen molar-refractivity contribution in [1.82, 2.24) is 15.0 Å². The molecule has 0 amide bonds. The fourth-order valence-electron chi connectivity index (χ4n) is 1.16. The van der Waals surface area contributed by atoms with Crippen LogP contribution in [0.3, 0.4) is 0 Å². The molecular weight excluding hydrogens is 282 g/mol. The highest BCUT2D eigenvalue weighted by Crippen LogP contribution is 2.36. The van der Waals surface area contributed by atoms with E-state index in [1.807, 2.05) is 13.8 Å². The molecule has 1 unspecified atom stereocenters. The van der Waals surface area contributed by atoms with Crippen LogP contribution >= 0.6 is 34.8 Å². The lowest BCUT2D eigenvalue weighted by atomic mass is 10.1. The van der Waals surface area contributed by atoms with Crippen LogP contribution in [-0.4, -0.2) is 21.5 Å².